The number of nitrogens with zero attached hydrogens (tertiary/aromatic N) is 2. The first kappa shape index (κ1) is 18.9. The van der Waals surface area contributed by atoms with Gasteiger partial charge in [0.1, 0.15) is 5.82 Å². The van der Waals surface area contributed by atoms with Gasteiger partial charge in [-0.25, -0.2) is 4.98 Å². The summed E-state index contributed by atoms with van der Waals surface area (Å²) < 4.78 is 12.6. The second kappa shape index (κ2) is 8.29. The van der Waals surface area contributed by atoms with E-state index in [2.05, 4.69) is 47.5 Å². The number of fused-ring (bicyclic) bond motifs is 2. The maximum absolute atomic E-state index is 12.6. The molecule has 1 atom stereocenters. The first-order valence-corrected chi connectivity index (χ1v) is 10.9. The number of anilines is 2. The van der Waals surface area contributed by atoms with Crippen LogP contribution in [0.4, 0.5) is 11.5 Å². The summed E-state index contributed by atoms with van der Waals surface area (Å²) in [5, 5.41) is 13.7. The molecule has 146 valence electrons. The molecule has 0 saturated heterocycles. The van der Waals surface area contributed by atoms with Gasteiger partial charge in [0.15, 0.2) is 0 Å². The lowest BCUT2D eigenvalue weighted by atomic mass is 10.1. The third-order valence-corrected chi connectivity index (χ3v) is 6.49. The van der Waals surface area contributed by atoms with Crippen LogP contribution in [-0.2, 0) is 17.3 Å². The van der Waals surface area contributed by atoms with Crippen LogP contribution in [0.3, 0.4) is 0 Å². The molecule has 0 fully saturated rings. The fourth-order valence-corrected chi connectivity index (χ4v) is 4.84. The standard InChI is InChI=1S/C22H25N3O2S/c1-16-7-8-19-18(13-16)20(23-9-4-11-26)14-22(24-19)25-10-12-28(27)21-6-3-2-5-17(21)15-25/h2-3,5-8,13-14,26H,4,9-12,15H2,1H3,(H,23,24). The Morgan fingerprint density at radius 2 is 2.07 bits per heavy atom. The maximum atomic E-state index is 12.6. The zero-order valence-corrected chi connectivity index (χ0v) is 16.8. The summed E-state index contributed by atoms with van der Waals surface area (Å²) >= 11 is 0. The first-order chi connectivity index (χ1) is 13.7. The van der Waals surface area contributed by atoms with Crippen LogP contribution in [-0.4, -0.2) is 39.7 Å². The number of pyridine rings is 1. The number of aromatic nitrogens is 1. The zero-order chi connectivity index (χ0) is 19.5. The Morgan fingerprint density at radius 1 is 1.21 bits per heavy atom. The topological polar surface area (TPSA) is 65.5 Å². The molecule has 0 spiro atoms. The summed E-state index contributed by atoms with van der Waals surface area (Å²) in [5.41, 5.74) is 4.24. The van der Waals surface area contributed by atoms with Crippen molar-refractivity contribution in [3.63, 3.8) is 0 Å². The van der Waals surface area contributed by atoms with Crippen molar-refractivity contribution >= 4 is 33.2 Å². The molecule has 0 saturated carbocycles. The molecule has 1 aliphatic rings. The third-order valence-electron chi connectivity index (χ3n) is 5.05. The summed E-state index contributed by atoms with van der Waals surface area (Å²) in [4.78, 5) is 8.05. The summed E-state index contributed by atoms with van der Waals surface area (Å²) in [5.74, 6) is 1.48. The van der Waals surface area contributed by atoms with E-state index in [-0.39, 0.29) is 6.61 Å². The Morgan fingerprint density at radius 3 is 2.93 bits per heavy atom. The highest BCUT2D eigenvalue weighted by Crippen LogP contribution is 2.30. The number of benzene rings is 2. The number of aliphatic hydroxyl groups is 1. The Bertz CT molecular complexity index is 1020. The van der Waals surface area contributed by atoms with Gasteiger partial charge in [-0.3, -0.25) is 4.21 Å². The molecular weight excluding hydrogens is 370 g/mol. The lowest BCUT2D eigenvalue weighted by Crippen LogP contribution is -2.26. The zero-order valence-electron chi connectivity index (χ0n) is 16.0. The van der Waals surface area contributed by atoms with Gasteiger partial charge in [-0.05, 0) is 37.1 Å². The van der Waals surface area contributed by atoms with Crippen molar-refractivity contribution in [2.75, 3.05) is 35.7 Å². The van der Waals surface area contributed by atoms with Gasteiger partial charge < -0.3 is 15.3 Å². The van der Waals surface area contributed by atoms with Gasteiger partial charge in [0.05, 0.1) is 16.3 Å². The highest BCUT2D eigenvalue weighted by molar-refractivity contribution is 7.85. The van der Waals surface area contributed by atoms with E-state index in [1.165, 1.54) is 5.56 Å². The molecule has 2 heterocycles. The van der Waals surface area contributed by atoms with Crippen molar-refractivity contribution in [1.29, 1.82) is 0 Å². The molecule has 28 heavy (non-hydrogen) atoms. The number of hydrogen-bond donors (Lipinski definition) is 2. The van der Waals surface area contributed by atoms with Crippen molar-refractivity contribution < 1.29 is 9.32 Å². The summed E-state index contributed by atoms with van der Waals surface area (Å²) in [7, 11) is -0.981. The lowest BCUT2D eigenvalue weighted by Gasteiger charge is -2.23. The minimum Gasteiger partial charge on any atom is -0.396 e. The van der Waals surface area contributed by atoms with Gasteiger partial charge in [0.25, 0.3) is 0 Å². The Labute approximate surface area is 167 Å². The van der Waals surface area contributed by atoms with Gasteiger partial charge >= 0.3 is 0 Å². The van der Waals surface area contributed by atoms with Crippen LogP contribution in [0.25, 0.3) is 10.9 Å². The molecule has 0 radical (unpaired) electrons. The van der Waals surface area contributed by atoms with Gasteiger partial charge in [0.2, 0.25) is 0 Å². The van der Waals surface area contributed by atoms with Gasteiger partial charge in [-0.2, -0.15) is 0 Å². The van der Waals surface area contributed by atoms with Crippen LogP contribution in [0, 0.1) is 6.92 Å². The van der Waals surface area contributed by atoms with Gasteiger partial charge in [0, 0.05) is 54.0 Å². The van der Waals surface area contributed by atoms with Crippen LogP contribution < -0.4 is 10.2 Å². The molecule has 4 rings (SSSR count). The van der Waals surface area contributed by atoms with Crippen molar-refractivity contribution in [1.82, 2.24) is 4.98 Å². The third kappa shape index (κ3) is 3.88. The summed E-state index contributed by atoms with van der Waals surface area (Å²) in [6.45, 7) is 4.34. The second-order valence-electron chi connectivity index (χ2n) is 7.13. The maximum Gasteiger partial charge on any atom is 0.131 e. The molecular formula is C22H25N3O2S. The lowest BCUT2D eigenvalue weighted by molar-refractivity contribution is 0.292. The van der Waals surface area contributed by atoms with E-state index in [1.54, 1.807) is 0 Å². The number of rotatable bonds is 5. The molecule has 3 aromatic rings. The van der Waals surface area contributed by atoms with Gasteiger partial charge in [-0.15, -0.1) is 0 Å². The van der Waals surface area contributed by atoms with E-state index in [9.17, 15) is 4.21 Å². The van der Waals surface area contributed by atoms with Crippen molar-refractivity contribution in [3.8, 4) is 0 Å². The van der Waals surface area contributed by atoms with E-state index >= 15 is 0 Å². The van der Waals surface area contributed by atoms with Crippen LogP contribution in [0.15, 0.2) is 53.4 Å². The van der Waals surface area contributed by atoms with Crippen LogP contribution >= 0.6 is 0 Å². The fraction of sp³-hybridized carbons (Fsp3) is 0.318. The van der Waals surface area contributed by atoms with Crippen LogP contribution in [0.5, 0.6) is 0 Å². The average molecular weight is 396 g/mol. The van der Waals surface area contributed by atoms with E-state index < -0.39 is 10.8 Å². The number of aryl methyl sites for hydroxylation is 1. The predicted molar refractivity (Wildman–Crippen MR) is 115 cm³/mol. The van der Waals surface area contributed by atoms with E-state index in [0.29, 0.717) is 31.8 Å². The van der Waals surface area contributed by atoms with E-state index in [1.807, 2.05) is 18.2 Å². The van der Waals surface area contributed by atoms with E-state index in [0.717, 1.165) is 32.9 Å². The molecule has 0 aliphatic carbocycles. The smallest absolute Gasteiger partial charge is 0.131 e. The highest BCUT2D eigenvalue weighted by Gasteiger charge is 2.21. The van der Waals surface area contributed by atoms with Crippen LogP contribution in [0.2, 0.25) is 0 Å². The second-order valence-corrected chi connectivity index (χ2v) is 8.67. The van der Waals surface area contributed by atoms with Gasteiger partial charge in [-0.1, -0.05) is 29.8 Å². The Kier molecular flexibility index (Phi) is 5.59. The summed E-state index contributed by atoms with van der Waals surface area (Å²) in [6.07, 6.45) is 0.695. The molecule has 1 aromatic heterocycles. The molecule has 2 N–H and O–H groups in total. The minimum absolute atomic E-state index is 0.163. The van der Waals surface area contributed by atoms with Crippen molar-refractivity contribution in [3.05, 3.63) is 59.7 Å². The average Bonchev–Trinajstić information content (AvgIpc) is 2.87. The largest absolute Gasteiger partial charge is 0.396 e. The minimum atomic E-state index is -0.981. The van der Waals surface area contributed by atoms with E-state index in [4.69, 9.17) is 10.1 Å². The fourth-order valence-electron chi connectivity index (χ4n) is 3.58. The van der Waals surface area contributed by atoms with Crippen LogP contribution in [0.1, 0.15) is 17.5 Å². The molecule has 0 amide bonds. The predicted octanol–water partition coefficient (Wildman–Crippen LogP) is 3.47. The monoisotopic (exact) mass is 395 g/mol. The summed E-state index contributed by atoms with van der Waals surface area (Å²) in [6, 6.07) is 16.3. The molecule has 2 aromatic carbocycles. The Hall–Kier alpha value is -2.44. The molecule has 5 nitrogen and oxygen atoms in total. The quantitative estimate of drug-likeness (QED) is 0.648. The normalized spacial score (nSPS) is 16.6. The Balaban J connectivity index is 1.74. The van der Waals surface area contributed by atoms with Crippen molar-refractivity contribution in [2.24, 2.45) is 0 Å². The number of hydrogen-bond acceptors (Lipinski definition) is 5. The molecule has 0 bridgehead atoms. The molecule has 6 heteroatoms. The first-order valence-electron chi connectivity index (χ1n) is 9.63. The highest BCUT2D eigenvalue weighted by atomic mass is 32.2. The number of aliphatic hydroxyl groups excluding tert-OH is 1. The SMILES string of the molecule is Cc1ccc2nc(N3CCS(=O)c4ccccc4C3)cc(NCCCO)c2c1. The molecule has 1 aliphatic heterocycles. The molecule has 1 unspecified atom stereocenters. The number of nitrogens with one attached hydrogen (secondary N) is 1. The van der Waals surface area contributed by atoms with Crippen molar-refractivity contribution in [2.45, 2.75) is 24.8 Å².